The zero-order chi connectivity index (χ0) is 17.0. The van der Waals surface area contributed by atoms with Crippen LogP contribution in [0.25, 0.3) is 0 Å². The third-order valence-corrected chi connectivity index (χ3v) is 2.73. The minimum absolute atomic E-state index is 0.0772. The summed E-state index contributed by atoms with van der Waals surface area (Å²) in [5.74, 6) is -0.455. The first-order valence-corrected chi connectivity index (χ1v) is 6.46. The molecule has 0 aliphatic heterocycles. The van der Waals surface area contributed by atoms with Crippen LogP contribution in [0, 0.1) is 0 Å². The van der Waals surface area contributed by atoms with Crippen LogP contribution in [0.4, 0.5) is 13.2 Å². The lowest BCUT2D eigenvalue weighted by molar-refractivity contribution is -0.154. The highest BCUT2D eigenvalue weighted by atomic mass is 19.4. The van der Waals surface area contributed by atoms with Gasteiger partial charge < -0.3 is 10.1 Å². The smallest absolute Gasteiger partial charge is 0.422 e. The van der Waals surface area contributed by atoms with Crippen LogP contribution < -0.4 is 10.1 Å². The highest BCUT2D eigenvalue weighted by molar-refractivity contribution is 5.92. The van der Waals surface area contributed by atoms with Crippen molar-refractivity contribution in [1.82, 2.24) is 30.5 Å². The number of aromatic nitrogens is 5. The summed E-state index contributed by atoms with van der Waals surface area (Å²) in [5.41, 5.74) is -0.0772. The van der Waals surface area contributed by atoms with Gasteiger partial charge in [-0.05, 0) is 23.4 Å². The summed E-state index contributed by atoms with van der Waals surface area (Å²) in [6.45, 7) is 0.180. The number of pyridine rings is 1. The predicted octanol–water partition coefficient (Wildman–Crippen LogP) is 1.04. The summed E-state index contributed by atoms with van der Waals surface area (Å²) in [4.78, 5) is 15.8. The third kappa shape index (κ3) is 4.63. The number of nitrogens with one attached hydrogen (secondary N) is 1. The highest BCUT2D eigenvalue weighted by Crippen LogP contribution is 2.17. The summed E-state index contributed by atoms with van der Waals surface area (Å²) >= 11 is 0. The van der Waals surface area contributed by atoms with E-state index in [0.29, 0.717) is 5.82 Å². The van der Waals surface area contributed by atoms with Gasteiger partial charge in [-0.2, -0.15) is 13.2 Å². The second-order valence-corrected chi connectivity index (χ2v) is 4.62. The van der Waals surface area contributed by atoms with E-state index in [9.17, 15) is 18.0 Å². The van der Waals surface area contributed by atoms with Gasteiger partial charge in [0.1, 0.15) is 5.69 Å². The molecule has 2 rings (SSSR count). The average molecular weight is 330 g/mol. The predicted molar refractivity (Wildman–Crippen MR) is 70.5 cm³/mol. The molecule has 11 heteroatoms. The van der Waals surface area contributed by atoms with Gasteiger partial charge in [-0.3, -0.25) is 4.79 Å². The molecule has 0 unspecified atom stereocenters. The molecule has 1 amide bonds. The van der Waals surface area contributed by atoms with Gasteiger partial charge in [0.05, 0.1) is 6.04 Å². The molecule has 1 N–H and O–H groups in total. The summed E-state index contributed by atoms with van der Waals surface area (Å²) in [6, 6.07) is 3.46. The Bertz CT molecular complexity index is 687. The maximum atomic E-state index is 12.1. The number of tetrazole rings is 1. The molecule has 0 aliphatic rings. The number of alkyl halides is 3. The van der Waals surface area contributed by atoms with E-state index >= 15 is 0 Å². The van der Waals surface area contributed by atoms with E-state index in [4.69, 9.17) is 0 Å². The molecule has 0 saturated heterocycles. The lowest BCUT2D eigenvalue weighted by Crippen LogP contribution is -2.29. The first kappa shape index (κ1) is 16.6. The van der Waals surface area contributed by atoms with Gasteiger partial charge in [-0.15, -0.1) is 5.10 Å². The molecule has 0 radical (unpaired) electrons. The van der Waals surface area contributed by atoms with Crippen molar-refractivity contribution >= 4 is 5.91 Å². The Balaban J connectivity index is 2.03. The zero-order valence-corrected chi connectivity index (χ0v) is 12.2. The van der Waals surface area contributed by atoms with E-state index in [1.165, 1.54) is 22.9 Å². The van der Waals surface area contributed by atoms with Crippen LogP contribution in [0.1, 0.15) is 29.3 Å². The Kier molecular flexibility index (Phi) is 4.77. The number of carbonyl (C=O) groups excluding carboxylic acids is 1. The second-order valence-electron chi connectivity index (χ2n) is 4.62. The molecule has 8 nitrogen and oxygen atoms in total. The van der Waals surface area contributed by atoms with Crippen LogP contribution in [-0.4, -0.2) is 43.9 Å². The van der Waals surface area contributed by atoms with Crippen LogP contribution in [0.3, 0.4) is 0 Å². The van der Waals surface area contributed by atoms with E-state index < -0.39 is 24.7 Å². The standard InChI is InChI=1S/C12H13F3N6O2/c1-7(10-18-19-20-21(10)2)16-11(22)8-4-3-5-9(17-8)23-6-12(13,14)15/h3-5,7H,6H2,1-2H3,(H,16,22)/t7-/m0/s1. The van der Waals surface area contributed by atoms with E-state index in [1.54, 1.807) is 14.0 Å². The van der Waals surface area contributed by atoms with Crippen LogP contribution in [0.15, 0.2) is 18.2 Å². The third-order valence-electron chi connectivity index (χ3n) is 2.73. The van der Waals surface area contributed by atoms with E-state index in [2.05, 4.69) is 30.6 Å². The van der Waals surface area contributed by atoms with Crippen LogP contribution in [0.2, 0.25) is 0 Å². The van der Waals surface area contributed by atoms with Crippen LogP contribution >= 0.6 is 0 Å². The Labute approximate surface area is 128 Å². The molecule has 1 atom stereocenters. The van der Waals surface area contributed by atoms with Gasteiger partial charge in [-0.1, -0.05) is 6.07 Å². The van der Waals surface area contributed by atoms with Crippen molar-refractivity contribution in [2.24, 2.45) is 7.05 Å². The van der Waals surface area contributed by atoms with Crippen molar-refractivity contribution in [3.63, 3.8) is 0 Å². The van der Waals surface area contributed by atoms with Crippen molar-refractivity contribution in [1.29, 1.82) is 0 Å². The molecular weight excluding hydrogens is 317 g/mol. The lowest BCUT2D eigenvalue weighted by Gasteiger charge is -2.12. The van der Waals surface area contributed by atoms with Gasteiger partial charge in [-0.25, -0.2) is 9.67 Å². The first-order chi connectivity index (χ1) is 10.8. The normalized spacial score (nSPS) is 12.7. The van der Waals surface area contributed by atoms with Gasteiger partial charge >= 0.3 is 6.18 Å². The molecule has 0 saturated carbocycles. The number of aryl methyl sites for hydroxylation is 1. The topological polar surface area (TPSA) is 94.8 Å². The van der Waals surface area contributed by atoms with E-state index in [0.717, 1.165) is 0 Å². The van der Waals surface area contributed by atoms with Gasteiger partial charge in [0.25, 0.3) is 5.91 Å². The van der Waals surface area contributed by atoms with Gasteiger partial charge in [0, 0.05) is 13.1 Å². The number of amides is 1. The van der Waals surface area contributed by atoms with Crippen molar-refractivity contribution < 1.29 is 22.7 Å². The molecule has 2 heterocycles. The van der Waals surface area contributed by atoms with Gasteiger partial charge in [0.15, 0.2) is 12.4 Å². The molecule has 2 aromatic rings. The molecule has 0 aliphatic carbocycles. The summed E-state index contributed by atoms with van der Waals surface area (Å²) in [5, 5.41) is 13.4. The van der Waals surface area contributed by atoms with E-state index in [1.807, 2.05) is 0 Å². The molecule has 0 fully saturated rings. The number of nitrogens with zero attached hydrogens (tertiary/aromatic N) is 5. The van der Waals surface area contributed by atoms with Crippen LogP contribution in [0.5, 0.6) is 5.88 Å². The fraction of sp³-hybridized carbons (Fsp3) is 0.417. The summed E-state index contributed by atoms with van der Waals surface area (Å²) in [6.07, 6.45) is -4.48. The maximum absolute atomic E-state index is 12.1. The minimum Gasteiger partial charge on any atom is -0.468 e. The average Bonchev–Trinajstić information content (AvgIpc) is 2.91. The largest absolute Gasteiger partial charge is 0.468 e. The number of carbonyl (C=O) groups is 1. The minimum atomic E-state index is -4.48. The summed E-state index contributed by atoms with van der Waals surface area (Å²) < 4.78 is 42.2. The molecule has 0 bridgehead atoms. The fourth-order valence-corrected chi connectivity index (χ4v) is 1.72. The number of hydrogen-bond acceptors (Lipinski definition) is 6. The Morgan fingerprint density at radius 1 is 1.43 bits per heavy atom. The van der Waals surface area contributed by atoms with Gasteiger partial charge in [0.2, 0.25) is 5.88 Å². The Morgan fingerprint density at radius 2 is 2.17 bits per heavy atom. The first-order valence-electron chi connectivity index (χ1n) is 6.46. The van der Waals surface area contributed by atoms with Crippen molar-refractivity contribution in [2.75, 3.05) is 6.61 Å². The zero-order valence-electron chi connectivity index (χ0n) is 12.2. The second kappa shape index (κ2) is 6.58. The Hall–Kier alpha value is -2.72. The fourth-order valence-electron chi connectivity index (χ4n) is 1.72. The van der Waals surface area contributed by atoms with Crippen molar-refractivity contribution in [2.45, 2.75) is 19.1 Å². The maximum Gasteiger partial charge on any atom is 0.422 e. The molecule has 124 valence electrons. The number of hydrogen-bond donors (Lipinski definition) is 1. The molecule has 0 spiro atoms. The highest BCUT2D eigenvalue weighted by Gasteiger charge is 2.28. The molecule has 0 aromatic carbocycles. The molecule has 2 aromatic heterocycles. The van der Waals surface area contributed by atoms with Crippen molar-refractivity contribution in [3.8, 4) is 5.88 Å². The molecule has 23 heavy (non-hydrogen) atoms. The Morgan fingerprint density at radius 3 is 2.78 bits per heavy atom. The van der Waals surface area contributed by atoms with Crippen LogP contribution in [-0.2, 0) is 7.05 Å². The lowest BCUT2D eigenvalue weighted by atomic mass is 10.2. The number of ether oxygens (including phenoxy) is 1. The van der Waals surface area contributed by atoms with Crippen molar-refractivity contribution in [3.05, 3.63) is 29.7 Å². The molecular formula is C12H13F3N6O2. The number of halogens is 3. The quantitative estimate of drug-likeness (QED) is 0.880. The summed E-state index contributed by atoms with van der Waals surface area (Å²) in [7, 11) is 1.61. The monoisotopic (exact) mass is 330 g/mol. The SMILES string of the molecule is C[C@H](NC(=O)c1cccc(OCC(F)(F)F)n1)c1nnnn1C. The number of rotatable bonds is 5. The van der Waals surface area contributed by atoms with E-state index in [-0.39, 0.29) is 11.6 Å².